The largest absolute Gasteiger partial charge is 0.398 e. The van der Waals surface area contributed by atoms with Crippen LogP contribution in [0.25, 0.3) is 0 Å². The molecule has 0 aliphatic carbocycles. The molecule has 0 saturated carbocycles. The first-order valence-electron chi connectivity index (χ1n) is 6.51. The van der Waals surface area contributed by atoms with Crippen molar-refractivity contribution in [2.75, 3.05) is 18.9 Å². The topological polar surface area (TPSA) is 64.4 Å². The Morgan fingerprint density at radius 1 is 1.47 bits per heavy atom. The summed E-state index contributed by atoms with van der Waals surface area (Å²) < 4.78 is 5.32. The molecule has 1 atom stereocenters. The monoisotopic (exact) mass is 282 g/mol. The number of amides is 1. The third-order valence-electron chi connectivity index (χ3n) is 3.59. The van der Waals surface area contributed by atoms with Crippen LogP contribution < -0.4 is 11.1 Å². The van der Waals surface area contributed by atoms with Crippen LogP contribution in [-0.4, -0.2) is 25.2 Å². The van der Waals surface area contributed by atoms with Crippen LogP contribution in [0.3, 0.4) is 0 Å². The van der Waals surface area contributed by atoms with Crippen LogP contribution in [0.4, 0.5) is 5.69 Å². The van der Waals surface area contributed by atoms with Crippen LogP contribution >= 0.6 is 11.6 Å². The van der Waals surface area contributed by atoms with Crippen molar-refractivity contribution in [1.82, 2.24) is 5.32 Å². The van der Waals surface area contributed by atoms with Crippen molar-refractivity contribution in [3.05, 3.63) is 28.8 Å². The summed E-state index contributed by atoms with van der Waals surface area (Å²) in [7, 11) is 0. The van der Waals surface area contributed by atoms with E-state index in [0.717, 1.165) is 26.1 Å². The van der Waals surface area contributed by atoms with Gasteiger partial charge >= 0.3 is 0 Å². The Morgan fingerprint density at radius 3 is 2.79 bits per heavy atom. The quantitative estimate of drug-likeness (QED) is 0.837. The first-order chi connectivity index (χ1) is 9.08. The fourth-order valence-corrected chi connectivity index (χ4v) is 2.54. The Balaban J connectivity index is 1.99. The number of nitrogens with one attached hydrogen (secondary N) is 1. The number of hydrogen-bond donors (Lipinski definition) is 2. The molecule has 104 valence electrons. The number of carbonyl (C=O) groups is 1. The lowest BCUT2D eigenvalue weighted by Crippen LogP contribution is -2.40. The maximum atomic E-state index is 12.2. The highest BCUT2D eigenvalue weighted by Gasteiger charge is 2.22. The Morgan fingerprint density at radius 2 is 2.16 bits per heavy atom. The Kier molecular flexibility index (Phi) is 4.66. The van der Waals surface area contributed by atoms with E-state index in [1.807, 2.05) is 6.92 Å². The third-order valence-corrected chi connectivity index (χ3v) is 3.83. The molecule has 0 spiro atoms. The van der Waals surface area contributed by atoms with Gasteiger partial charge < -0.3 is 15.8 Å². The van der Waals surface area contributed by atoms with Crippen molar-refractivity contribution < 1.29 is 9.53 Å². The summed E-state index contributed by atoms with van der Waals surface area (Å²) in [5.74, 6) is 0.319. The number of rotatable bonds is 3. The number of nitrogen functional groups attached to an aromatic ring is 1. The standard InChI is InChI=1S/C14H19ClN2O2/c1-9(10-4-6-19-7-5-10)17-14(18)12-3-2-11(15)8-13(12)16/h2-3,8-10H,4-7,16H2,1H3,(H,17,18). The molecule has 3 N–H and O–H groups in total. The number of carbonyl (C=O) groups excluding carboxylic acids is 1. The molecule has 1 aliphatic heterocycles. The molecule has 0 aromatic heterocycles. The van der Waals surface area contributed by atoms with E-state index >= 15 is 0 Å². The van der Waals surface area contributed by atoms with Crippen LogP contribution in [0.15, 0.2) is 18.2 Å². The Hall–Kier alpha value is -1.26. The zero-order chi connectivity index (χ0) is 13.8. The van der Waals surface area contributed by atoms with Gasteiger partial charge in [0.15, 0.2) is 0 Å². The van der Waals surface area contributed by atoms with Gasteiger partial charge in [0.05, 0.1) is 5.56 Å². The van der Waals surface area contributed by atoms with E-state index in [0.29, 0.717) is 22.2 Å². The SMILES string of the molecule is CC(NC(=O)c1ccc(Cl)cc1N)C1CCOCC1. The van der Waals surface area contributed by atoms with Gasteiger partial charge in [0, 0.05) is 30.0 Å². The van der Waals surface area contributed by atoms with E-state index in [1.165, 1.54) is 0 Å². The minimum Gasteiger partial charge on any atom is -0.398 e. The molecule has 4 nitrogen and oxygen atoms in total. The van der Waals surface area contributed by atoms with Crippen LogP contribution in [0, 0.1) is 5.92 Å². The van der Waals surface area contributed by atoms with Crippen molar-refractivity contribution in [2.24, 2.45) is 5.92 Å². The number of benzene rings is 1. The minimum absolute atomic E-state index is 0.117. The maximum absolute atomic E-state index is 12.2. The molecular weight excluding hydrogens is 264 g/mol. The van der Waals surface area contributed by atoms with Crippen molar-refractivity contribution >= 4 is 23.2 Å². The zero-order valence-corrected chi connectivity index (χ0v) is 11.7. The molecule has 1 aliphatic rings. The van der Waals surface area contributed by atoms with E-state index in [4.69, 9.17) is 22.1 Å². The third kappa shape index (κ3) is 3.61. The molecule has 1 fully saturated rings. The van der Waals surface area contributed by atoms with Crippen molar-refractivity contribution in [1.29, 1.82) is 0 Å². The van der Waals surface area contributed by atoms with Gasteiger partial charge in [0.2, 0.25) is 0 Å². The number of halogens is 1. The molecule has 0 bridgehead atoms. The first kappa shape index (κ1) is 14.2. The predicted octanol–water partition coefficient (Wildman–Crippen LogP) is 2.47. The molecule has 1 heterocycles. The zero-order valence-electron chi connectivity index (χ0n) is 11.0. The smallest absolute Gasteiger partial charge is 0.253 e. The van der Waals surface area contributed by atoms with E-state index in [9.17, 15) is 4.79 Å². The molecule has 0 radical (unpaired) electrons. The van der Waals surface area contributed by atoms with Gasteiger partial charge in [-0.15, -0.1) is 0 Å². The molecule has 2 rings (SSSR count). The summed E-state index contributed by atoms with van der Waals surface area (Å²) in [6.07, 6.45) is 1.97. The molecular formula is C14H19ClN2O2. The molecule has 1 saturated heterocycles. The van der Waals surface area contributed by atoms with Crippen LogP contribution in [0.5, 0.6) is 0 Å². The molecule has 5 heteroatoms. The Labute approximate surface area is 118 Å². The van der Waals surface area contributed by atoms with Crippen molar-refractivity contribution in [3.8, 4) is 0 Å². The predicted molar refractivity (Wildman–Crippen MR) is 76.3 cm³/mol. The van der Waals surface area contributed by atoms with Gasteiger partial charge in [-0.25, -0.2) is 0 Å². The highest BCUT2D eigenvalue weighted by molar-refractivity contribution is 6.31. The van der Waals surface area contributed by atoms with E-state index < -0.39 is 0 Å². The van der Waals surface area contributed by atoms with Crippen molar-refractivity contribution in [3.63, 3.8) is 0 Å². The molecule has 19 heavy (non-hydrogen) atoms. The van der Waals surface area contributed by atoms with Crippen LogP contribution in [-0.2, 0) is 4.74 Å². The maximum Gasteiger partial charge on any atom is 0.253 e. The highest BCUT2D eigenvalue weighted by Crippen LogP contribution is 2.21. The lowest BCUT2D eigenvalue weighted by Gasteiger charge is -2.28. The second-order valence-electron chi connectivity index (χ2n) is 4.94. The highest BCUT2D eigenvalue weighted by atomic mass is 35.5. The van der Waals surface area contributed by atoms with Gasteiger partial charge in [0.25, 0.3) is 5.91 Å². The first-order valence-corrected chi connectivity index (χ1v) is 6.89. The van der Waals surface area contributed by atoms with Crippen LogP contribution in [0.1, 0.15) is 30.1 Å². The lowest BCUT2D eigenvalue weighted by molar-refractivity contribution is 0.0538. The normalized spacial score (nSPS) is 18.0. The lowest BCUT2D eigenvalue weighted by atomic mass is 9.92. The number of hydrogen-bond acceptors (Lipinski definition) is 3. The van der Waals surface area contributed by atoms with Crippen LogP contribution in [0.2, 0.25) is 5.02 Å². The molecule has 1 unspecified atom stereocenters. The average molecular weight is 283 g/mol. The average Bonchev–Trinajstić information content (AvgIpc) is 2.39. The second-order valence-corrected chi connectivity index (χ2v) is 5.38. The van der Waals surface area contributed by atoms with Gasteiger partial charge in [-0.1, -0.05) is 11.6 Å². The summed E-state index contributed by atoms with van der Waals surface area (Å²) in [6, 6.07) is 5.04. The summed E-state index contributed by atoms with van der Waals surface area (Å²) in [5, 5.41) is 3.54. The molecule has 1 amide bonds. The number of nitrogens with two attached hydrogens (primary N) is 1. The fourth-order valence-electron chi connectivity index (χ4n) is 2.36. The summed E-state index contributed by atoms with van der Waals surface area (Å²) in [5.41, 5.74) is 6.69. The minimum atomic E-state index is -0.145. The summed E-state index contributed by atoms with van der Waals surface area (Å²) in [4.78, 5) is 12.2. The summed E-state index contributed by atoms with van der Waals surface area (Å²) in [6.45, 7) is 3.57. The van der Waals surface area contributed by atoms with E-state index in [-0.39, 0.29) is 11.9 Å². The fraction of sp³-hybridized carbons (Fsp3) is 0.500. The van der Waals surface area contributed by atoms with Crippen molar-refractivity contribution in [2.45, 2.75) is 25.8 Å². The summed E-state index contributed by atoms with van der Waals surface area (Å²) >= 11 is 5.82. The molecule has 1 aromatic rings. The van der Waals surface area contributed by atoms with Gasteiger partial charge in [-0.05, 0) is 43.9 Å². The molecule has 1 aromatic carbocycles. The Bertz CT molecular complexity index is 459. The van der Waals surface area contributed by atoms with Gasteiger partial charge in [0.1, 0.15) is 0 Å². The van der Waals surface area contributed by atoms with Gasteiger partial charge in [-0.2, -0.15) is 0 Å². The van der Waals surface area contributed by atoms with Gasteiger partial charge in [-0.3, -0.25) is 4.79 Å². The number of anilines is 1. The van der Waals surface area contributed by atoms with E-state index in [1.54, 1.807) is 18.2 Å². The van der Waals surface area contributed by atoms with E-state index in [2.05, 4.69) is 5.32 Å². The number of ether oxygens (including phenoxy) is 1. The second kappa shape index (κ2) is 6.26.